The Labute approximate surface area is 373 Å². The van der Waals surface area contributed by atoms with Crippen LogP contribution in [-0.4, -0.2) is 140 Å². The molecule has 0 aromatic rings. The topological polar surface area (TPSA) is 228 Å². The number of amides is 1. The van der Waals surface area contributed by atoms with Crippen molar-refractivity contribution >= 4 is 5.91 Å². The zero-order chi connectivity index (χ0) is 45.4. The van der Waals surface area contributed by atoms with Gasteiger partial charge in [0.2, 0.25) is 5.91 Å². The van der Waals surface area contributed by atoms with E-state index in [0.29, 0.717) is 12.8 Å². The largest absolute Gasteiger partial charge is 0.394 e. The molecule has 2 fully saturated rings. The van der Waals surface area contributed by atoms with Gasteiger partial charge in [0.05, 0.1) is 32.0 Å². The van der Waals surface area contributed by atoms with Crippen LogP contribution in [0.2, 0.25) is 0 Å². The van der Waals surface area contributed by atoms with Gasteiger partial charge in [-0.15, -0.1) is 0 Å². The van der Waals surface area contributed by atoms with Gasteiger partial charge in [-0.2, -0.15) is 0 Å². The molecule has 12 atom stereocenters. The van der Waals surface area contributed by atoms with Gasteiger partial charge in [-0.05, 0) is 32.1 Å². The zero-order valence-corrected chi connectivity index (χ0v) is 38.4. The number of nitrogens with one attached hydrogen (secondary N) is 1. The third kappa shape index (κ3) is 23.1. The van der Waals surface area contributed by atoms with Gasteiger partial charge >= 0.3 is 0 Å². The number of carbonyl (C=O) groups is 1. The van der Waals surface area contributed by atoms with E-state index in [1.807, 2.05) is 6.08 Å². The van der Waals surface area contributed by atoms with Gasteiger partial charge < -0.3 is 65.1 Å². The molecule has 14 heteroatoms. The van der Waals surface area contributed by atoms with Crippen LogP contribution in [0.3, 0.4) is 0 Å². The normalized spacial score (nSPS) is 27.9. The predicted octanol–water partition coefficient (Wildman–Crippen LogP) is 5.77. The molecule has 14 nitrogen and oxygen atoms in total. The molecular formula is C48H89NO13. The second kappa shape index (κ2) is 35.7. The lowest BCUT2D eigenvalue weighted by atomic mass is 9.97. The Kier molecular flexibility index (Phi) is 32.6. The van der Waals surface area contributed by atoms with Crippen molar-refractivity contribution in [3.8, 4) is 0 Å². The second-order valence-corrected chi connectivity index (χ2v) is 17.6. The molecule has 0 aliphatic carbocycles. The smallest absolute Gasteiger partial charge is 0.220 e. The van der Waals surface area contributed by atoms with E-state index >= 15 is 0 Å². The van der Waals surface area contributed by atoms with E-state index in [-0.39, 0.29) is 18.9 Å². The Bertz CT molecular complexity index is 1140. The summed E-state index contributed by atoms with van der Waals surface area (Å²) < 4.78 is 22.5. The lowest BCUT2D eigenvalue weighted by Gasteiger charge is -2.46. The maximum absolute atomic E-state index is 12.9. The van der Waals surface area contributed by atoms with E-state index in [0.717, 1.165) is 38.5 Å². The summed E-state index contributed by atoms with van der Waals surface area (Å²) >= 11 is 0. The molecule has 12 unspecified atom stereocenters. The molecule has 2 rings (SSSR count). The summed E-state index contributed by atoms with van der Waals surface area (Å²) in [5, 5.41) is 86.2. The SMILES string of the molecule is CCCCCCCCCCCCCCCCCCC/C=C/CC/C=C/C(O)C(COC1OC(CO)C(OC2OC(CO)C(O)C(O)C2O)C(O)C1O)NC(=O)CCCCCCC. The van der Waals surface area contributed by atoms with Gasteiger partial charge in [0.1, 0.15) is 48.8 Å². The molecule has 9 N–H and O–H groups in total. The number of hydrogen-bond acceptors (Lipinski definition) is 13. The highest BCUT2D eigenvalue weighted by molar-refractivity contribution is 5.76. The number of aliphatic hydroxyl groups is 8. The highest BCUT2D eigenvalue weighted by atomic mass is 16.7. The first-order valence-electron chi connectivity index (χ1n) is 24.6. The van der Waals surface area contributed by atoms with E-state index in [9.17, 15) is 45.6 Å². The second-order valence-electron chi connectivity index (χ2n) is 17.6. The van der Waals surface area contributed by atoms with E-state index in [4.69, 9.17) is 18.9 Å². The summed E-state index contributed by atoms with van der Waals surface area (Å²) in [6.07, 6.45) is 21.5. The van der Waals surface area contributed by atoms with Crippen molar-refractivity contribution in [2.75, 3.05) is 19.8 Å². The molecule has 2 saturated heterocycles. The predicted molar refractivity (Wildman–Crippen MR) is 240 cm³/mol. The fourth-order valence-electron chi connectivity index (χ4n) is 8.07. The minimum absolute atomic E-state index is 0.263. The van der Waals surface area contributed by atoms with Crippen LogP contribution in [0.1, 0.15) is 181 Å². The molecule has 1 amide bonds. The van der Waals surface area contributed by atoms with Gasteiger partial charge in [-0.1, -0.05) is 167 Å². The van der Waals surface area contributed by atoms with Crippen LogP contribution in [0.15, 0.2) is 24.3 Å². The number of ether oxygens (including phenoxy) is 4. The van der Waals surface area contributed by atoms with Crippen molar-refractivity contribution in [2.24, 2.45) is 0 Å². The minimum Gasteiger partial charge on any atom is -0.394 e. The minimum atomic E-state index is -1.79. The Balaban J connectivity index is 1.75. The number of unbranched alkanes of at least 4 members (excludes halogenated alkanes) is 22. The Hall–Kier alpha value is -1.53. The molecular weight excluding hydrogens is 799 g/mol. The summed E-state index contributed by atoms with van der Waals surface area (Å²) in [5.74, 6) is -0.263. The Morgan fingerprint density at radius 2 is 1.03 bits per heavy atom. The van der Waals surface area contributed by atoms with Crippen LogP contribution in [0.5, 0.6) is 0 Å². The van der Waals surface area contributed by atoms with E-state index in [2.05, 4.69) is 31.3 Å². The third-order valence-electron chi connectivity index (χ3n) is 12.1. The zero-order valence-electron chi connectivity index (χ0n) is 38.4. The Morgan fingerprint density at radius 1 is 0.565 bits per heavy atom. The van der Waals surface area contributed by atoms with Crippen molar-refractivity contribution in [1.82, 2.24) is 5.32 Å². The van der Waals surface area contributed by atoms with E-state index < -0.39 is 86.8 Å². The van der Waals surface area contributed by atoms with Gasteiger partial charge in [-0.3, -0.25) is 4.79 Å². The van der Waals surface area contributed by atoms with Gasteiger partial charge in [0.15, 0.2) is 12.6 Å². The average molecular weight is 888 g/mol. The first-order chi connectivity index (χ1) is 30.1. The molecule has 0 saturated carbocycles. The molecule has 2 aliphatic heterocycles. The lowest BCUT2D eigenvalue weighted by Crippen LogP contribution is -2.65. The molecule has 0 spiro atoms. The van der Waals surface area contributed by atoms with Crippen LogP contribution in [0.4, 0.5) is 0 Å². The summed E-state index contributed by atoms with van der Waals surface area (Å²) in [6, 6.07) is -0.923. The Morgan fingerprint density at radius 3 is 1.58 bits per heavy atom. The van der Waals surface area contributed by atoms with Crippen LogP contribution >= 0.6 is 0 Å². The number of carbonyl (C=O) groups excluding carboxylic acids is 1. The summed E-state index contributed by atoms with van der Waals surface area (Å²) in [7, 11) is 0. The summed E-state index contributed by atoms with van der Waals surface area (Å²) in [5.41, 5.74) is 0. The van der Waals surface area contributed by atoms with Crippen molar-refractivity contribution < 1.29 is 64.6 Å². The lowest BCUT2D eigenvalue weighted by molar-refractivity contribution is -0.359. The molecule has 62 heavy (non-hydrogen) atoms. The molecule has 0 radical (unpaired) electrons. The molecule has 0 bridgehead atoms. The van der Waals surface area contributed by atoms with Crippen LogP contribution in [0.25, 0.3) is 0 Å². The number of rotatable bonds is 37. The third-order valence-corrected chi connectivity index (χ3v) is 12.1. The maximum Gasteiger partial charge on any atom is 0.220 e. The van der Waals surface area contributed by atoms with Crippen LogP contribution in [0, 0.1) is 0 Å². The average Bonchev–Trinajstić information content (AvgIpc) is 3.27. The van der Waals surface area contributed by atoms with Gasteiger partial charge in [0, 0.05) is 6.42 Å². The number of aliphatic hydroxyl groups excluding tert-OH is 8. The molecule has 0 aromatic carbocycles. The monoisotopic (exact) mass is 888 g/mol. The van der Waals surface area contributed by atoms with Crippen molar-refractivity contribution in [2.45, 2.75) is 254 Å². The first-order valence-corrected chi connectivity index (χ1v) is 24.6. The number of allylic oxidation sites excluding steroid dienone is 3. The maximum atomic E-state index is 12.9. The summed E-state index contributed by atoms with van der Waals surface area (Å²) in [6.45, 7) is 2.66. The molecule has 2 heterocycles. The highest BCUT2D eigenvalue weighted by Gasteiger charge is 2.51. The summed E-state index contributed by atoms with van der Waals surface area (Å²) in [4.78, 5) is 12.9. The number of hydrogen-bond donors (Lipinski definition) is 9. The standard InChI is InChI=1S/C48H89NO13/c1-3-5-7-9-10-11-12-13-14-15-16-17-18-19-20-21-22-23-24-25-26-28-29-31-37(52)36(49-40(53)32-30-27-8-6-4-2)35-59-47-45(58)43(56)46(39(34-51)61-47)62-48-44(57)42(55)41(54)38(33-50)60-48/h24-25,29,31,36-39,41-48,50-52,54-58H,3-23,26-28,30,32-35H2,1-2H3,(H,49,53)/b25-24+,31-29+. The van der Waals surface area contributed by atoms with Gasteiger partial charge in [-0.25, -0.2) is 0 Å². The van der Waals surface area contributed by atoms with E-state index in [1.165, 1.54) is 109 Å². The van der Waals surface area contributed by atoms with Crippen molar-refractivity contribution in [3.63, 3.8) is 0 Å². The fourth-order valence-corrected chi connectivity index (χ4v) is 8.07. The quantitative estimate of drug-likeness (QED) is 0.0267. The first kappa shape index (κ1) is 56.6. The van der Waals surface area contributed by atoms with Crippen LogP contribution < -0.4 is 5.32 Å². The van der Waals surface area contributed by atoms with Gasteiger partial charge in [0.25, 0.3) is 0 Å². The van der Waals surface area contributed by atoms with Crippen molar-refractivity contribution in [3.05, 3.63) is 24.3 Å². The van der Waals surface area contributed by atoms with Crippen molar-refractivity contribution in [1.29, 1.82) is 0 Å². The van der Waals surface area contributed by atoms with E-state index in [1.54, 1.807) is 6.08 Å². The molecule has 364 valence electrons. The molecule has 2 aliphatic rings. The fraction of sp³-hybridized carbons (Fsp3) is 0.896. The van der Waals surface area contributed by atoms with Crippen LogP contribution in [-0.2, 0) is 23.7 Å². The highest BCUT2D eigenvalue weighted by Crippen LogP contribution is 2.30. The molecule has 0 aromatic heterocycles.